The molecule has 1 unspecified atom stereocenters. The summed E-state index contributed by atoms with van der Waals surface area (Å²) in [6.45, 7) is 1.91. The number of carboxylic acid groups (broad SMARTS) is 1. The largest absolute Gasteiger partial charge is 0.465 e. The first kappa shape index (κ1) is 11.3. The predicted octanol–water partition coefficient (Wildman–Crippen LogP) is 2.85. The molecule has 0 fully saturated rings. The van der Waals surface area contributed by atoms with Gasteiger partial charge in [0.1, 0.15) is 0 Å². The van der Waals surface area contributed by atoms with Crippen LogP contribution < -0.4 is 10.6 Å². The second-order valence-electron chi connectivity index (χ2n) is 4.00. The van der Waals surface area contributed by atoms with Crippen LogP contribution in [0.25, 0.3) is 0 Å². The van der Waals surface area contributed by atoms with Crippen LogP contribution >= 0.6 is 15.9 Å². The van der Waals surface area contributed by atoms with Gasteiger partial charge in [-0.05, 0) is 47.8 Å². The second-order valence-corrected chi connectivity index (χ2v) is 4.85. The fourth-order valence-corrected chi connectivity index (χ4v) is 2.50. The maximum absolute atomic E-state index is 11.2. The minimum Gasteiger partial charge on any atom is -0.465 e. The van der Waals surface area contributed by atoms with Crippen LogP contribution in [0.15, 0.2) is 16.6 Å². The van der Waals surface area contributed by atoms with Crippen molar-refractivity contribution in [1.82, 2.24) is 0 Å². The minimum absolute atomic E-state index is 0.00516. The van der Waals surface area contributed by atoms with Crippen LogP contribution in [-0.2, 0) is 6.42 Å². The van der Waals surface area contributed by atoms with E-state index < -0.39 is 6.09 Å². The molecule has 2 rings (SSSR count). The van der Waals surface area contributed by atoms with E-state index in [1.807, 2.05) is 6.92 Å². The molecule has 0 spiro atoms. The van der Waals surface area contributed by atoms with E-state index in [4.69, 9.17) is 5.73 Å². The summed E-state index contributed by atoms with van der Waals surface area (Å²) in [5, 5.41) is 9.19. The molecule has 1 atom stereocenters. The third-order valence-corrected chi connectivity index (χ3v) is 3.69. The van der Waals surface area contributed by atoms with Gasteiger partial charge < -0.3 is 10.8 Å². The normalized spacial score (nSPS) is 19.4. The van der Waals surface area contributed by atoms with Crippen LogP contribution in [0.5, 0.6) is 0 Å². The second kappa shape index (κ2) is 3.97. The summed E-state index contributed by atoms with van der Waals surface area (Å²) in [5.41, 5.74) is 8.23. The van der Waals surface area contributed by atoms with Crippen molar-refractivity contribution in [2.45, 2.75) is 25.8 Å². The lowest BCUT2D eigenvalue weighted by molar-refractivity contribution is 0.198. The zero-order chi connectivity index (χ0) is 11.9. The lowest BCUT2D eigenvalue weighted by atomic mass is 9.96. The number of nitrogens with two attached hydrogens (primary N) is 1. The van der Waals surface area contributed by atoms with Gasteiger partial charge in [-0.25, -0.2) is 4.79 Å². The Labute approximate surface area is 102 Å². The maximum atomic E-state index is 11.2. The summed E-state index contributed by atoms with van der Waals surface area (Å²) >= 11 is 3.36. The molecule has 86 valence electrons. The molecule has 5 heteroatoms. The van der Waals surface area contributed by atoms with Crippen LogP contribution in [0.4, 0.5) is 16.2 Å². The average Bonchev–Trinajstić information content (AvgIpc) is 2.22. The van der Waals surface area contributed by atoms with Crippen LogP contribution in [0.2, 0.25) is 0 Å². The van der Waals surface area contributed by atoms with E-state index in [0.717, 1.165) is 22.9 Å². The Morgan fingerprint density at radius 1 is 1.62 bits per heavy atom. The molecule has 0 saturated heterocycles. The number of hydrogen-bond acceptors (Lipinski definition) is 2. The number of halogens is 1. The van der Waals surface area contributed by atoms with E-state index in [9.17, 15) is 9.90 Å². The molecular formula is C11H13BrN2O2. The van der Waals surface area contributed by atoms with Crippen LogP contribution in [0, 0.1) is 0 Å². The van der Waals surface area contributed by atoms with E-state index >= 15 is 0 Å². The van der Waals surface area contributed by atoms with Gasteiger partial charge in [0.05, 0.1) is 11.4 Å². The average molecular weight is 285 g/mol. The molecule has 16 heavy (non-hydrogen) atoms. The fraction of sp³-hybridized carbons (Fsp3) is 0.364. The topological polar surface area (TPSA) is 66.6 Å². The first-order chi connectivity index (χ1) is 7.52. The zero-order valence-electron chi connectivity index (χ0n) is 8.90. The monoisotopic (exact) mass is 284 g/mol. The van der Waals surface area contributed by atoms with Crippen molar-refractivity contribution in [3.05, 3.63) is 22.2 Å². The highest BCUT2D eigenvalue weighted by Gasteiger charge is 2.29. The van der Waals surface area contributed by atoms with Crippen molar-refractivity contribution in [3.63, 3.8) is 0 Å². The number of nitrogen functional groups attached to an aromatic ring is 1. The summed E-state index contributed by atoms with van der Waals surface area (Å²) in [5.74, 6) is 0. The van der Waals surface area contributed by atoms with Crippen LogP contribution in [0.3, 0.4) is 0 Å². The standard InChI is InChI=1S/C11H13BrN2O2/c1-6-2-3-7-9(14(6)11(15)16)5-4-8(12)10(7)13/h4-6H,2-3,13H2,1H3,(H,15,16). The highest BCUT2D eigenvalue weighted by Crippen LogP contribution is 2.37. The Morgan fingerprint density at radius 3 is 2.94 bits per heavy atom. The van der Waals surface area contributed by atoms with Gasteiger partial charge in [-0.15, -0.1) is 0 Å². The Bertz CT molecular complexity index is 448. The SMILES string of the molecule is CC1CCc2c(ccc(Br)c2N)N1C(=O)O. The van der Waals surface area contributed by atoms with Gasteiger partial charge in [0.25, 0.3) is 0 Å². The molecule has 4 nitrogen and oxygen atoms in total. The smallest absolute Gasteiger partial charge is 0.412 e. The first-order valence-electron chi connectivity index (χ1n) is 5.11. The molecule has 0 aliphatic carbocycles. The molecule has 0 aromatic heterocycles. The molecule has 0 radical (unpaired) electrons. The molecular weight excluding hydrogens is 272 g/mol. The lowest BCUT2D eigenvalue weighted by Crippen LogP contribution is -2.41. The summed E-state index contributed by atoms with van der Waals surface area (Å²) in [6.07, 6.45) is 0.709. The Balaban J connectivity index is 2.57. The van der Waals surface area contributed by atoms with Crippen molar-refractivity contribution in [2.24, 2.45) is 0 Å². The molecule has 1 aromatic carbocycles. The molecule has 1 aliphatic heterocycles. The molecule has 3 N–H and O–H groups in total. The quantitative estimate of drug-likeness (QED) is 0.720. The van der Waals surface area contributed by atoms with Crippen molar-refractivity contribution in [1.29, 1.82) is 0 Å². The van der Waals surface area contributed by atoms with E-state index in [-0.39, 0.29) is 6.04 Å². The van der Waals surface area contributed by atoms with E-state index in [0.29, 0.717) is 11.4 Å². The highest BCUT2D eigenvalue weighted by atomic mass is 79.9. The maximum Gasteiger partial charge on any atom is 0.412 e. The predicted molar refractivity (Wildman–Crippen MR) is 66.8 cm³/mol. The summed E-state index contributed by atoms with van der Waals surface area (Å²) in [6, 6.07) is 3.60. The van der Waals surface area contributed by atoms with E-state index in [2.05, 4.69) is 15.9 Å². The molecule has 1 aliphatic rings. The van der Waals surface area contributed by atoms with Crippen molar-refractivity contribution in [2.75, 3.05) is 10.6 Å². The number of carbonyl (C=O) groups is 1. The van der Waals surface area contributed by atoms with Crippen molar-refractivity contribution >= 4 is 33.4 Å². The molecule has 1 aromatic rings. The van der Waals surface area contributed by atoms with Crippen molar-refractivity contribution in [3.8, 4) is 0 Å². The third kappa shape index (κ3) is 1.65. The molecule has 0 bridgehead atoms. The number of fused-ring (bicyclic) bond motifs is 1. The molecule has 1 heterocycles. The number of benzene rings is 1. The molecule has 1 amide bonds. The van der Waals surface area contributed by atoms with E-state index in [1.165, 1.54) is 4.90 Å². The zero-order valence-corrected chi connectivity index (χ0v) is 10.5. The summed E-state index contributed by atoms with van der Waals surface area (Å²) < 4.78 is 0.825. The Hall–Kier alpha value is -1.23. The Morgan fingerprint density at radius 2 is 2.31 bits per heavy atom. The summed E-state index contributed by atoms with van der Waals surface area (Å²) in [7, 11) is 0. The number of hydrogen-bond donors (Lipinski definition) is 2. The molecule has 0 saturated carbocycles. The Kier molecular flexibility index (Phi) is 2.80. The number of nitrogens with zero attached hydrogens (tertiary/aromatic N) is 1. The fourth-order valence-electron chi connectivity index (χ4n) is 2.12. The number of amides is 1. The van der Waals surface area contributed by atoms with Gasteiger partial charge >= 0.3 is 6.09 Å². The number of rotatable bonds is 0. The number of anilines is 2. The van der Waals surface area contributed by atoms with Gasteiger partial charge in [0, 0.05) is 16.1 Å². The third-order valence-electron chi connectivity index (χ3n) is 3.00. The highest BCUT2D eigenvalue weighted by molar-refractivity contribution is 9.10. The van der Waals surface area contributed by atoms with Crippen molar-refractivity contribution < 1.29 is 9.90 Å². The lowest BCUT2D eigenvalue weighted by Gasteiger charge is -2.33. The van der Waals surface area contributed by atoms with Crippen LogP contribution in [-0.4, -0.2) is 17.2 Å². The minimum atomic E-state index is -0.921. The van der Waals surface area contributed by atoms with Gasteiger partial charge in [-0.2, -0.15) is 0 Å². The van der Waals surface area contributed by atoms with Gasteiger partial charge in [0.15, 0.2) is 0 Å². The summed E-state index contributed by atoms with van der Waals surface area (Å²) in [4.78, 5) is 12.6. The van der Waals surface area contributed by atoms with E-state index in [1.54, 1.807) is 12.1 Å². The van der Waals surface area contributed by atoms with Gasteiger partial charge in [-0.3, -0.25) is 4.90 Å². The first-order valence-corrected chi connectivity index (χ1v) is 5.90. The van der Waals surface area contributed by atoms with Crippen LogP contribution in [0.1, 0.15) is 18.9 Å². The van der Waals surface area contributed by atoms with Gasteiger partial charge in [-0.1, -0.05) is 0 Å². The van der Waals surface area contributed by atoms with Gasteiger partial charge in [0.2, 0.25) is 0 Å².